The fourth-order valence-electron chi connectivity index (χ4n) is 1.19. The van der Waals surface area contributed by atoms with Gasteiger partial charge in [-0.2, -0.15) is 0 Å². The van der Waals surface area contributed by atoms with E-state index in [0.29, 0.717) is 0 Å². The minimum atomic E-state index is -0.639. The maximum Gasteiger partial charge on any atom is 0.618 e. The first-order chi connectivity index (χ1) is 4.81. The molecule has 0 bridgehead atoms. The van der Waals surface area contributed by atoms with E-state index in [9.17, 15) is 0 Å². The molecule has 1 aliphatic carbocycles. The van der Waals surface area contributed by atoms with E-state index in [-0.39, 0.29) is 0 Å². The van der Waals surface area contributed by atoms with Gasteiger partial charge in [-0.05, 0) is 5.92 Å². The van der Waals surface area contributed by atoms with Gasteiger partial charge in [0.2, 0.25) is 0 Å². The Morgan fingerprint density at radius 2 is 1.50 bits per heavy atom. The highest BCUT2D eigenvalue weighted by molar-refractivity contribution is 7.22. The zero-order chi connectivity index (χ0) is 7.82. The van der Waals surface area contributed by atoms with E-state index >= 15 is 0 Å². The van der Waals surface area contributed by atoms with E-state index in [0.717, 1.165) is 5.92 Å². The number of halogens is 2. The third-order valence-corrected chi connectivity index (χ3v) is 1.72. The first kappa shape index (κ1) is 11.3. The summed E-state index contributed by atoms with van der Waals surface area (Å²) in [5.41, 5.74) is 0. The summed E-state index contributed by atoms with van der Waals surface area (Å²) >= 11 is -0.639. The Morgan fingerprint density at radius 1 is 1.10 bits per heavy atom. The van der Waals surface area contributed by atoms with Crippen molar-refractivity contribution in [2.24, 2.45) is 5.92 Å². The maximum atomic E-state index is 4.90. The lowest BCUT2D eigenvalue weighted by atomic mass is 9.91. The molecule has 1 fully saturated rings. The topological polar surface area (TPSA) is 0 Å². The summed E-state index contributed by atoms with van der Waals surface area (Å²) in [7, 11) is 9.81. The molecule has 0 aliphatic heterocycles. The average Bonchev–Trinajstić information content (AvgIpc) is 1.91. The van der Waals surface area contributed by atoms with Crippen molar-refractivity contribution < 1.29 is 0 Å². The van der Waals surface area contributed by atoms with Crippen molar-refractivity contribution in [3.8, 4) is 0 Å². The molecule has 0 aromatic carbocycles. The highest BCUT2D eigenvalue weighted by atomic mass is 35.6. The second kappa shape index (κ2) is 8.44. The third kappa shape index (κ3) is 7.45. The first-order valence-corrected chi connectivity index (χ1v) is 8.04. The molecule has 0 aromatic heterocycles. The molecule has 1 radical (unpaired) electrons. The summed E-state index contributed by atoms with van der Waals surface area (Å²) in [5, 5.41) is 0. The summed E-state index contributed by atoms with van der Waals surface area (Å²) < 4.78 is 0. The van der Waals surface area contributed by atoms with E-state index in [1.54, 1.807) is 0 Å². The van der Waals surface area contributed by atoms with Crippen LogP contribution < -0.4 is 0 Å². The van der Waals surface area contributed by atoms with Crippen LogP contribution in [0.5, 0.6) is 0 Å². The summed E-state index contributed by atoms with van der Waals surface area (Å²) in [6, 6.07) is 0. The van der Waals surface area contributed by atoms with Crippen molar-refractivity contribution in [3.63, 3.8) is 0 Å². The summed E-state index contributed by atoms with van der Waals surface area (Å²) in [5.74, 6) is 0.786. The SMILES string of the molecule is [CH2]C1CCCCC1.[Cl][Mg][Cl]. The maximum absolute atomic E-state index is 4.90. The highest BCUT2D eigenvalue weighted by Crippen LogP contribution is 2.21. The van der Waals surface area contributed by atoms with Crippen molar-refractivity contribution in [1.82, 2.24) is 0 Å². The molecule has 3 heteroatoms. The predicted octanol–water partition coefficient (Wildman–Crippen LogP) is 3.40. The van der Waals surface area contributed by atoms with Crippen LogP contribution in [-0.4, -0.2) is 18.2 Å². The first-order valence-electron chi connectivity index (χ1n) is 3.76. The Morgan fingerprint density at radius 3 is 1.70 bits per heavy atom. The molecule has 0 spiro atoms. The van der Waals surface area contributed by atoms with Crippen molar-refractivity contribution >= 4 is 36.3 Å². The molecule has 0 nitrogen and oxygen atoms in total. The minimum Gasteiger partial charge on any atom is -0.309 e. The summed E-state index contributed by atoms with van der Waals surface area (Å²) in [6.07, 6.45) is 7.05. The van der Waals surface area contributed by atoms with Crippen LogP contribution in [0, 0.1) is 12.8 Å². The quantitative estimate of drug-likeness (QED) is 0.516. The molecule has 0 heterocycles. The molecule has 1 aliphatic rings. The van der Waals surface area contributed by atoms with Gasteiger partial charge in [-0.15, -0.1) is 0 Å². The molecule has 0 unspecified atom stereocenters. The van der Waals surface area contributed by atoms with Gasteiger partial charge in [0.1, 0.15) is 0 Å². The van der Waals surface area contributed by atoms with E-state index in [1.807, 2.05) is 0 Å². The van der Waals surface area contributed by atoms with Gasteiger partial charge in [0.25, 0.3) is 0 Å². The predicted molar refractivity (Wildman–Crippen MR) is 49.4 cm³/mol. The molecule has 0 N–H and O–H groups in total. The van der Waals surface area contributed by atoms with Crippen LogP contribution in [-0.2, 0) is 0 Å². The monoisotopic (exact) mass is 191 g/mol. The largest absolute Gasteiger partial charge is 0.618 e. The molecule has 1 saturated carbocycles. The van der Waals surface area contributed by atoms with Crippen molar-refractivity contribution in [2.45, 2.75) is 32.1 Å². The lowest BCUT2D eigenvalue weighted by molar-refractivity contribution is 0.417. The second-order valence-electron chi connectivity index (χ2n) is 2.61. The highest BCUT2D eigenvalue weighted by Gasteiger charge is 2.06. The van der Waals surface area contributed by atoms with Crippen molar-refractivity contribution in [3.05, 3.63) is 6.92 Å². The molecule has 0 atom stereocenters. The van der Waals surface area contributed by atoms with Gasteiger partial charge in [0.05, 0.1) is 0 Å². The van der Waals surface area contributed by atoms with Gasteiger partial charge in [-0.1, -0.05) is 39.0 Å². The van der Waals surface area contributed by atoms with Gasteiger partial charge >= 0.3 is 18.2 Å². The normalized spacial score (nSPS) is 18.7. The molecule has 1 rings (SSSR count). The molecular weight excluding hydrogens is 179 g/mol. The zero-order valence-electron chi connectivity index (χ0n) is 6.28. The molecule has 10 heavy (non-hydrogen) atoms. The van der Waals surface area contributed by atoms with Crippen molar-refractivity contribution in [2.75, 3.05) is 0 Å². The minimum absolute atomic E-state index is 0.639. The Balaban J connectivity index is 0.000000236. The standard InChI is InChI=1S/C7H13.2ClH.Mg/c1-7-5-3-2-4-6-7;;;/h7H,1-6H2;2*1H;/q;;;+2/p-2. The molecule has 0 saturated heterocycles. The number of hydrogen-bond acceptors (Lipinski definition) is 0. The van der Waals surface area contributed by atoms with Gasteiger partial charge in [0, 0.05) is 0 Å². The molecular formula is C7H13Cl2Mg. The van der Waals surface area contributed by atoms with Crippen LogP contribution in [0.3, 0.4) is 0 Å². The lowest BCUT2D eigenvalue weighted by Crippen LogP contribution is -2.00. The van der Waals surface area contributed by atoms with E-state index in [1.165, 1.54) is 32.1 Å². The van der Waals surface area contributed by atoms with Crippen LogP contribution in [0.4, 0.5) is 0 Å². The van der Waals surface area contributed by atoms with Crippen LogP contribution >= 0.6 is 18.1 Å². The van der Waals surface area contributed by atoms with Gasteiger partial charge in [-0.25, -0.2) is 0 Å². The van der Waals surface area contributed by atoms with E-state index < -0.39 is 18.2 Å². The number of hydrogen-bond donors (Lipinski definition) is 0. The zero-order valence-corrected chi connectivity index (χ0v) is 9.21. The molecule has 57 valence electrons. The van der Waals surface area contributed by atoms with Gasteiger partial charge < -0.3 is 18.1 Å². The smallest absolute Gasteiger partial charge is 0.309 e. The fourth-order valence-corrected chi connectivity index (χ4v) is 1.19. The van der Waals surface area contributed by atoms with Crippen LogP contribution in [0.2, 0.25) is 0 Å². The average molecular weight is 192 g/mol. The lowest BCUT2D eigenvalue weighted by Gasteiger charge is -2.15. The van der Waals surface area contributed by atoms with E-state index in [4.69, 9.17) is 18.1 Å². The van der Waals surface area contributed by atoms with Crippen LogP contribution in [0.1, 0.15) is 32.1 Å². The second-order valence-corrected chi connectivity index (χ2v) is 5.23. The third-order valence-electron chi connectivity index (χ3n) is 1.72. The Bertz CT molecular complexity index is 62.6. The van der Waals surface area contributed by atoms with E-state index in [2.05, 4.69) is 6.92 Å². The van der Waals surface area contributed by atoms with Crippen LogP contribution in [0.15, 0.2) is 0 Å². The molecule has 0 amide bonds. The number of rotatable bonds is 0. The van der Waals surface area contributed by atoms with Gasteiger partial charge in [-0.3, -0.25) is 0 Å². The summed E-state index contributed by atoms with van der Waals surface area (Å²) in [6.45, 7) is 4.00. The molecule has 0 aromatic rings. The Hall–Kier alpha value is 1.35. The van der Waals surface area contributed by atoms with Crippen LogP contribution in [0.25, 0.3) is 0 Å². The summed E-state index contributed by atoms with van der Waals surface area (Å²) in [4.78, 5) is 0. The van der Waals surface area contributed by atoms with Gasteiger partial charge in [0.15, 0.2) is 0 Å². The van der Waals surface area contributed by atoms with Crippen molar-refractivity contribution in [1.29, 1.82) is 0 Å². The Kier molecular flexibility index (Phi) is 9.58. The Labute approximate surface area is 80.9 Å². The fraction of sp³-hybridized carbons (Fsp3) is 0.857.